The summed E-state index contributed by atoms with van der Waals surface area (Å²) >= 11 is 11.9. The number of sulfone groups is 1. The van der Waals surface area contributed by atoms with Gasteiger partial charge in [-0.05, 0) is 36.4 Å². The summed E-state index contributed by atoms with van der Waals surface area (Å²) in [5, 5.41) is 19.8. The third kappa shape index (κ3) is 4.14. The topological polar surface area (TPSA) is 112 Å². The Bertz CT molecular complexity index is 1160. The Hall–Kier alpha value is -2.55. The van der Waals surface area contributed by atoms with Crippen molar-refractivity contribution in [1.82, 2.24) is 10.2 Å². The van der Waals surface area contributed by atoms with Gasteiger partial charge in [0.2, 0.25) is 0 Å². The molecule has 0 atom stereocenters. The minimum Gasteiger partial charge on any atom is -0.506 e. The lowest BCUT2D eigenvalue weighted by Gasteiger charge is -2.09. The summed E-state index contributed by atoms with van der Waals surface area (Å²) in [6, 6.07) is 10.1. The fourth-order valence-electron chi connectivity index (χ4n) is 2.41. The summed E-state index contributed by atoms with van der Waals surface area (Å²) < 4.78 is 24.0. The second kappa shape index (κ2) is 7.83. The van der Waals surface area contributed by atoms with Crippen LogP contribution in [0.3, 0.4) is 0 Å². The Morgan fingerprint density at radius 3 is 2.57 bits per heavy atom. The van der Waals surface area contributed by atoms with Crippen LogP contribution in [-0.4, -0.2) is 35.4 Å². The number of phenols is 1. The molecule has 28 heavy (non-hydrogen) atoms. The van der Waals surface area contributed by atoms with Crippen molar-refractivity contribution in [3.05, 3.63) is 58.2 Å². The quantitative estimate of drug-likeness (QED) is 0.517. The standard InChI is InChI=1S/C18H15Cl2N3O4S/c1-2-28(26,27)11-4-6-17(24)15(8-11)21-18(25)16-9-14(22-23-16)10-3-5-12(19)13(20)7-10/h3-9,24H,2H2,1H3,(H,21,25)(H,22,23). The molecule has 3 aromatic rings. The van der Waals surface area contributed by atoms with Gasteiger partial charge >= 0.3 is 0 Å². The van der Waals surface area contributed by atoms with Gasteiger partial charge in [0.1, 0.15) is 11.4 Å². The van der Waals surface area contributed by atoms with Crippen molar-refractivity contribution in [3.63, 3.8) is 0 Å². The van der Waals surface area contributed by atoms with Gasteiger partial charge < -0.3 is 10.4 Å². The van der Waals surface area contributed by atoms with E-state index in [1.54, 1.807) is 18.2 Å². The van der Waals surface area contributed by atoms with Gasteiger partial charge in [-0.25, -0.2) is 8.42 Å². The average Bonchev–Trinajstić information content (AvgIpc) is 3.16. The molecule has 0 saturated heterocycles. The van der Waals surface area contributed by atoms with Crippen LogP contribution >= 0.6 is 23.2 Å². The van der Waals surface area contributed by atoms with E-state index in [9.17, 15) is 18.3 Å². The number of nitrogens with zero attached hydrogens (tertiary/aromatic N) is 1. The molecular formula is C18H15Cl2N3O4S. The molecule has 0 spiro atoms. The largest absolute Gasteiger partial charge is 0.506 e. The SMILES string of the molecule is CCS(=O)(=O)c1ccc(O)c(NC(=O)c2cc(-c3ccc(Cl)c(Cl)c3)n[nH]2)c1. The van der Waals surface area contributed by atoms with E-state index in [4.69, 9.17) is 23.2 Å². The lowest BCUT2D eigenvalue weighted by Crippen LogP contribution is -2.13. The number of phenolic OH excluding ortho intramolecular Hbond substituents is 1. The molecule has 3 N–H and O–H groups in total. The first-order chi connectivity index (χ1) is 13.2. The second-order valence-corrected chi connectivity index (χ2v) is 8.92. The molecular weight excluding hydrogens is 425 g/mol. The Kier molecular flexibility index (Phi) is 5.64. The van der Waals surface area contributed by atoms with E-state index < -0.39 is 15.7 Å². The molecule has 0 aliphatic rings. The summed E-state index contributed by atoms with van der Waals surface area (Å²) in [5.74, 6) is -0.952. The van der Waals surface area contributed by atoms with Crippen LogP contribution in [0, 0.1) is 0 Å². The van der Waals surface area contributed by atoms with Crippen LogP contribution < -0.4 is 5.32 Å². The second-order valence-electron chi connectivity index (χ2n) is 5.83. The number of carbonyl (C=O) groups is 1. The van der Waals surface area contributed by atoms with Crippen molar-refractivity contribution in [2.24, 2.45) is 0 Å². The van der Waals surface area contributed by atoms with Gasteiger partial charge in [0, 0.05) is 5.56 Å². The zero-order valence-electron chi connectivity index (χ0n) is 14.5. The van der Waals surface area contributed by atoms with Gasteiger partial charge in [-0.1, -0.05) is 36.2 Å². The molecule has 2 aromatic carbocycles. The highest BCUT2D eigenvalue weighted by molar-refractivity contribution is 7.91. The van der Waals surface area contributed by atoms with Crippen molar-refractivity contribution in [1.29, 1.82) is 0 Å². The monoisotopic (exact) mass is 439 g/mol. The van der Waals surface area contributed by atoms with Crippen LogP contribution in [0.25, 0.3) is 11.3 Å². The van der Waals surface area contributed by atoms with Gasteiger partial charge in [0.25, 0.3) is 5.91 Å². The first-order valence-corrected chi connectivity index (χ1v) is 10.5. The Morgan fingerprint density at radius 2 is 1.89 bits per heavy atom. The molecule has 0 fully saturated rings. The van der Waals surface area contributed by atoms with Crippen LogP contribution in [0.1, 0.15) is 17.4 Å². The van der Waals surface area contributed by atoms with E-state index in [0.717, 1.165) is 0 Å². The Labute approximate surface area is 171 Å². The molecule has 0 radical (unpaired) electrons. The van der Waals surface area contributed by atoms with Crippen molar-refractivity contribution < 1.29 is 18.3 Å². The van der Waals surface area contributed by atoms with E-state index in [0.29, 0.717) is 21.3 Å². The molecule has 3 rings (SSSR count). The smallest absolute Gasteiger partial charge is 0.273 e. The van der Waals surface area contributed by atoms with E-state index in [-0.39, 0.29) is 27.8 Å². The van der Waals surface area contributed by atoms with Crippen LogP contribution in [0.5, 0.6) is 5.75 Å². The minimum absolute atomic E-state index is 0.00389. The van der Waals surface area contributed by atoms with Crippen LogP contribution in [0.2, 0.25) is 10.0 Å². The highest BCUT2D eigenvalue weighted by Crippen LogP contribution is 2.29. The summed E-state index contributed by atoms with van der Waals surface area (Å²) in [4.78, 5) is 12.5. The number of anilines is 1. The molecule has 0 aliphatic carbocycles. The van der Waals surface area contributed by atoms with Crippen molar-refractivity contribution >= 4 is 44.6 Å². The molecule has 146 valence electrons. The molecule has 0 unspecified atom stereocenters. The molecule has 0 bridgehead atoms. The maximum Gasteiger partial charge on any atom is 0.273 e. The summed E-state index contributed by atoms with van der Waals surface area (Å²) in [7, 11) is -3.48. The third-order valence-electron chi connectivity index (χ3n) is 3.99. The molecule has 1 aromatic heterocycles. The molecule has 7 nitrogen and oxygen atoms in total. The summed E-state index contributed by atoms with van der Waals surface area (Å²) in [6.45, 7) is 1.51. The lowest BCUT2D eigenvalue weighted by atomic mass is 10.1. The van der Waals surface area contributed by atoms with E-state index in [1.165, 1.54) is 31.2 Å². The average molecular weight is 440 g/mol. The number of nitrogens with one attached hydrogen (secondary N) is 2. The zero-order valence-corrected chi connectivity index (χ0v) is 16.9. The molecule has 10 heteroatoms. The highest BCUT2D eigenvalue weighted by atomic mass is 35.5. The minimum atomic E-state index is -3.48. The molecule has 1 heterocycles. The highest BCUT2D eigenvalue weighted by Gasteiger charge is 2.17. The van der Waals surface area contributed by atoms with Crippen molar-refractivity contribution in [2.75, 3.05) is 11.1 Å². The number of hydrogen-bond acceptors (Lipinski definition) is 5. The normalized spacial score (nSPS) is 11.4. The Balaban J connectivity index is 1.85. The number of halogens is 2. The fourth-order valence-corrected chi connectivity index (χ4v) is 3.61. The van der Waals surface area contributed by atoms with E-state index in [2.05, 4.69) is 15.5 Å². The zero-order chi connectivity index (χ0) is 20.5. The number of carbonyl (C=O) groups excluding carboxylic acids is 1. The fraction of sp³-hybridized carbons (Fsp3) is 0.111. The van der Waals surface area contributed by atoms with Gasteiger partial charge in [0.15, 0.2) is 9.84 Å². The first-order valence-electron chi connectivity index (χ1n) is 8.09. The van der Waals surface area contributed by atoms with Gasteiger partial charge in [-0.3, -0.25) is 9.89 Å². The number of rotatable bonds is 5. The molecule has 0 aliphatic heterocycles. The van der Waals surface area contributed by atoms with Crippen LogP contribution in [-0.2, 0) is 9.84 Å². The third-order valence-corrected chi connectivity index (χ3v) is 6.46. The predicted molar refractivity (Wildman–Crippen MR) is 108 cm³/mol. The predicted octanol–water partition coefficient (Wildman–Crippen LogP) is 4.14. The number of hydrogen-bond donors (Lipinski definition) is 3. The lowest BCUT2D eigenvalue weighted by molar-refractivity contribution is 0.102. The molecule has 0 saturated carbocycles. The summed E-state index contributed by atoms with van der Waals surface area (Å²) in [6.07, 6.45) is 0. The number of amides is 1. The summed E-state index contributed by atoms with van der Waals surface area (Å²) in [5.41, 5.74) is 1.22. The van der Waals surface area contributed by atoms with Crippen molar-refractivity contribution in [2.45, 2.75) is 11.8 Å². The number of aromatic amines is 1. The van der Waals surface area contributed by atoms with E-state index >= 15 is 0 Å². The van der Waals surface area contributed by atoms with Crippen LogP contribution in [0.4, 0.5) is 5.69 Å². The van der Waals surface area contributed by atoms with E-state index in [1.807, 2.05) is 0 Å². The maximum absolute atomic E-state index is 12.5. The number of benzene rings is 2. The van der Waals surface area contributed by atoms with Crippen LogP contribution in [0.15, 0.2) is 47.4 Å². The first kappa shape index (κ1) is 20.2. The molecule has 1 amide bonds. The van der Waals surface area contributed by atoms with Gasteiger partial charge in [0.05, 0.1) is 32.1 Å². The van der Waals surface area contributed by atoms with Gasteiger partial charge in [-0.15, -0.1) is 0 Å². The number of aromatic hydroxyl groups is 1. The maximum atomic E-state index is 12.5. The van der Waals surface area contributed by atoms with Crippen molar-refractivity contribution in [3.8, 4) is 17.0 Å². The number of aromatic nitrogens is 2. The Morgan fingerprint density at radius 1 is 1.14 bits per heavy atom. The number of H-pyrrole nitrogens is 1. The van der Waals surface area contributed by atoms with Gasteiger partial charge in [-0.2, -0.15) is 5.10 Å².